The number of nitrogens with one attached hydrogen (secondary N) is 2. The van der Waals surface area contributed by atoms with Crippen molar-refractivity contribution in [1.29, 1.82) is 0 Å². The van der Waals surface area contributed by atoms with E-state index < -0.39 is 0 Å². The Morgan fingerprint density at radius 2 is 1.91 bits per heavy atom. The second kappa shape index (κ2) is 6.91. The Morgan fingerprint density at radius 3 is 2.65 bits per heavy atom. The molecule has 0 bridgehead atoms. The molecule has 3 aromatic rings. The Bertz CT molecular complexity index is 829. The van der Waals surface area contributed by atoms with Gasteiger partial charge in [0.05, 0.1) is 15.6 Å². The first-order chi connectivity index (χ1) is 11.1. The molecule has 2 aromatic carbocycles. The predicted octanol–water partition coefficient (Wildman–Crippen LogP) is 5.36. The van der Waals surface area contributed by atoms with E-state index in [1.165, 1.54) is 0 Å². The number of aromatic nitrogens is 1. The van der Waals surface area contributed by atoms with Gasteiger partial charge in [0.2, 0.25) is 0 Å². The van der Waals surface area contributed by atoms with Gasteiger partial charge in [-0.3, -0.25) is 0 Å². The number of benzene rings is 2. The highest BCUT2D eigenvalue weighted by Crippen LogP contribution is 2.34. The van der Waals surface area contributed by atoms with E-state index >= 15 is 0 Å². The number of aromatic amines is 1. The first kappa shape index (κ1) is 16.3. The summed E-state index contributed by atoms with van der Waals surface area (Å²) in [6.45, 7) is 0.817. The smallest absolute Gasteiger partial charge is 0.147 e. The Kier molecular flexibility index (Phi) is 4.90. The monoisotopic (exact) mass is 350 g/mol. The molecule has 0 amide bonds. The standard InChI is InChI=1S/C18H17Cl2FN2/c1-22-6-5-14(11-2-3-15(19)16(20)9-11)13-8-12-4-7-23-18(12)17(21)10-13/h2-4,7-10,14,22-23H,5-6H2,1H3. The summed E-state index contributed by atoms with van der Waals surface area (Å²) < 4.78 is 14.3. The minimum atomic E-state index is -0.239. The quantitative estimate of drug-likeness (QED) is 0.637. The second-order valence-electron chi connectivity index (χ2n) is 5.56. The maximum Gasteiger partial charge on any atom is 0.147 e. The zero-order chi connectivity index (χ0) is 16.4. The predicted molar refractivity (Wildman–Crippen MR) is 95.1 cm³/mol. The third kappa shape index (κ3) is 3.37. The molecule has 0 aliphatic rings. The lowest BCUT2D eigenvalue weighted by molar-refractivity contribution is 0.624. The van der Waals surface area contributed by atoms with Gasteiger partial charge in [0, 0.05) is 17.5 Å². The third-order valence-electron chi connectivity index (χ3n) is 4.07. The van der Waals surface area contributed by atoms with Crippen molar-refractivity contribution in [3.05, 3.63) is 69.6 Å². The summed E-state index contributed by atoms with van der Waals surface area (Å²) >= 11 is 12.2. The van der Waals surface area contributed by atoms with Crippen molar-refractivity contribution in [2.24, 2.45) is 0 Å². The number of hydrogen-bond acceptors (Lipinski definition) is 1. The lowest BCUT2D eigenvalue weighted by Crippen LogP contribution is -2.13. The molecule has 1 atom stereocenters. The molecule has 120 valence electrons. The van der Waals surface area contributed by atoms with E-state index in [9.17, 15) is 4.39 Å². The van der Waals surface area contributed by atoms with Gasteiger partial charge < -0.3 is 10.3 Å². The van der Waals surface area contributed by atoms with E-state index in [2.05, 4.69) is 10.3 Å². The van der Waals surface area contributed by atoms with Crippen LogP contribution in [0.1, 0.15) is 23.5 Å². The van der Waals surface area contributed by atoms with Crippen LogP contribution >= 0.6 is 23.2 Å². The van der Waals surface area contributed by atoms with Crippen LogP contribution in [0.15, 0.2) is 42.6 Å². The average Bonchev–Trinajstić information content (AvgIpc) is 3.00. The minimum Gasteiger partial charge on any atom is -0.359 e. The SMILES string of the molecule is CNCCC(c1ccc(Cl)c(Cl)c1)c1cc(F)c2[nH]ccc2c1. The van der Waals surface area contributed by atoms with Crippen LogP contribution in [-0.2, 0) is 0 Å². The fourth-order valence-corrected chi connectivity index (χ4v) is 3.20. The highest BCUT2D eigenvalue weighted by molar-refractivity contribution is 6.42. The molecule has 0 aliphatic heterocycles. The molecule has 0 saturated heterocycles. The summed E-state index contributed by atoms with van der Waals surface area (Å²) in [5.74, 6) is -0.192. The van der Waals surface area contributed by atoms with Crippen molar-refractivity contribution < 1.29 is 4.39 Å². The molecule has 1 heterocycles. The molecule has 3 rings (SSSR count). The van der Waals surface area contributed by atoms with Gasteiger partial charge in [0.1, 0.15) is 5.82 Å². The maximum absolute atomic E-state index is 14.3. The Balaban J connectivity index is 2.07. The molecule has 0 saturated carbocycles. The van der Waals surface area contributed by atoms with E-state index in [4.69, 9.17) is 23.2 Å². The molecule has 2 N–H and O–H groups in total. The van der Waals surface area contributed by atoms with E-state index in [0.717, 1.165) is 29.5 Å². The van der Waals surface area contributed by atoms with Gasteiger partial charge in [-0.05, 0) is 61.5 Å². The van der Waals surface area contributed by atoms with Gasteiger partial charge in [-0.2, -0.15) is 0 Å². The van der Waals surface area contributed by atoms with E-state index in [0.29, 0.717) is 15.6 Å². The molecule has 5 heteroatoms. The van der Waals surface area contributed by atoms with Crippen molar-refractivity contribution >= 4 is 34.1 Å². The number of fused-ring (bicyclic) bond motifs is 1. The lowest BCUT2D eigenvalue weighted by Gasteiger charge is -2.19. The molecule has 1 unspecified atom stereocenters. The first-order valence-electron chi connectivity index (χ1n) is 7.46. The topological polar surface area (TPSA) is 27.8 Å². The second-order valence-corrected chi connectivity index (χ2v) is 6.38. The van der Waals surface area contributed by atoms with Gasteiger partial charge in [-0.25, -0.2) is 4.39 Å². The molecule has 0 spiro atoms. The van der Waals surface area contributed by atoms with Crippen LogP contribution < -0.4 is 5.32 Å². The molecular weight excluding hydrogens is 334 g/mol. The van der Waals surface area contributed by atoms with Crippen LogP contribution in [0.3, 0.4) is 0 Å². The average molecular weight is 351 g/mol. The Hall–Kier alpha value is -1.55. The fourth-order valence-electron chi connectivity index (χ4n) is 2.89. The van der Waals surface area contributed by atoms with Crippen LogP contribution in [0, 0.1) is 5.82 Å². The molecule has 0 aliphatic carbocycles. The zero-order valence-corrected chi connectivity index (χ0v) is 14.2. The van der Waals surface area contributed by atoms with Crippen LogP contribution in [0.4, 0.5) is 4.39 Å². The molecule has 0 fully saturated rings. The molecule has 2 nitrogen and oxygen atoms in total. The van der Waals surface area contributed by atoms with Crippen molar-refractivity contribution in [2.45, 2.75) is 12.3 Å². The summed E-state index contributed by atoms with van der Waals surface area (Å²) in [5.41, 5.74) is 2.50. The summed E-state index contributed by atoms with van der Waals surface area (Å²) in [7, 11) is 1.90. The highest BCUT2D eigenvalue weighted by atomic mass is 35.5. The van der Waals surface area contributed by atoms with E-state index in [1.54, 1.807) is 18.3 Å². The van der Waals surface area contributed by atoms with Crippen LogP contribution in [-0.4, -0.2) is 18.6 Å². The molecule has 1 aromatic heterocycles. The normalized spacial score (nSPS) is 12.7. The van der Waals surface area contributed by atoms with Crippen LogP contribution in [0.25, 0.3) is 10.9 Å². The van der Waals surface area contributed by atoms with Gasteiger partial charge in [-0.15, -0.1) is 0 Å². The van der Waals surface area contributed by atoms with Crippen molar-refractivity contribution in [2.75, 3.05) is 13.6 Å². The number of hydrogen-bond donors (Lipinski definition) is 2. The number of halogens is 3. The molecule has 0 radical (unpaired) electrons. The molecule has 23 heavy (non-hydrogen) atoms. The summed E-state index contributed by atoms with van der Waals surface area (Å²) in [6, 6.07) is 11.1. The van der Waals surface area contributed by atoms with Crippen LogP contribution in [0.5, 0.6) is 0 Å². The zero-order valence-electron chi connectivity index (χ0n) is 12.7. The Labute approximate surface area is 144 Å². The summed E-state index contributed by atoms with van der Waals surface area (Å²) in [4.78, 5) is 2.93. The van der Waals surface area contributed by atoms with Gasteiger partial charge in [0.25, 0.3) is 0 Å². The highest BCUT2D eigenvalue weighted by Gasteiger charge is 2.17. The molecular formula is C18H17Cl2FN2. The van der Waals surface area contributed by atoms with Crippen molar-refractivity contribution in [1.82, 2.24) is 10.3 Å². The summed E-state index contributed by atoms with van der Waals surface area (Å²) in [6.07, 6.45) is 2.59. The lowest BCUT2D eigenvalue weighted by atomic mass is 9.88. The number of H-pyrrole nitrogens is 1. The minimum absolute atomic E-state index is 0.0472. The van der Waals surface area contributed by atoms with Crippen molar-refractivity contribution in [3.8, 4) is 0 Å². The van der Waals surface area contributed by atoms with Crippen molar-refractivity contribution in [3.63, 3.8) is 0 Å². The maximum atomic E-state index is 14.3. The fraction of sp³-hybridized carbons (Fsp3) is 0.222. The van der Waals surface area contributed by atoms with Crippen LogP contribution in [0.2, 0.25) is 10.0 Å². The van der Waals surface area contributed by atoms with Gasteiger partial charge in [-0.1, -0.05) is 29.3 Å². The van der Waals surface area contributed by atoms with Gasteiger partial charge in [0.15, 0.2) is 0 Å². The summed E-state index contributed by atoms with van der Waals surface area (Å²) in [5, 5.41) is 5.06. The number of rotatable bonds is 5. The first-order valence-corrected chi connectivity index (χ1v) is 8.22. The van der Waals surface area contributed by atoms with E-state index in [-0.39, 0.29) is 11.7 Å². The Morgan fingerprint density at radius 1 is 1.09 bits per heavy atom. The van der Waals surface area contributed by atoms with Gasteiger partial charge >= 0.3 is 0 Å². The van der Waals surface area contributed by atoms with E-state index in [1.807, 2.05) is 31.3 Å². The third-order valence-corrected chi connectivity index (χ3v) is 4.80. The largest absolute Gasteiger partial charge is 0.359 e.